The van der Waals surface area contributed by atoms with Crippen molar-refractivity contribution in [1.29, 1.82) is 0 Å². The fourth-order valence-corrected chi connectivity index (χ4v) is 3.48. The predicted octanol–water partition coefficient (Wildman–Crippen LogP) is 2.07. The summed E-state index contributed by atoms with van der Waals surface area (Å²) in [6.45, 7) is 0.0588. The van der Waals surface area contributed by atoms with Crippen LogP contribution in [0.15, 0.2) is 29.1 Å². The lowest BCUT2D eigenvalue weighted by Crippen LogP contribution is -2.40. The van der Waals surface area contributed by atoms with Gasteiger partial charge in [-0.25, -0.2) is 9.45 Å². The lowest BCUT2D eigenvalue weighted by Gasteiger charge is -2.29. The zero-order chi connectivity index (χ0) is 19.8. The molecule has 1 amide bonds. The molecule has 28 heavy (non-hydrogen) atoms. The Morgan fingerprint density at radius 1 is 1.29 bits per heavy atom. The number of aromatic nitrogens is 1. The molecule has 0 unspecified atom stereocenters. The Bertz CT molecular complexity index is 984. The van der Waals surface area contributed by atoms with Crippen LogP contribution in [0.5, 0.6) is 0 Å². The van der Waals surface area contributed by atoms with Crippen molar-refractivity contribution in [3.63, 3.8) is 0 Å². The van der Waals surface area contributed by atoms with E-state index in [-0.39, 0.29) is 42.4 Å². The molecule has 0 radical (unpaired) electrons. The van der Waals surface area contributed by atoms with Gasteiger partial charge in [-0.2, -0.15) is 0 Å². The molecule has 0 atom stereocenters. The topological polar surface area (TPSA) is 83.8 Å². The molecule has 2 N–H and O–H groups in total. The average molecular weight is 387 g/mol. The molecular formula is C20H22FN3O4. The summed E-state index contributed by atoms with van der Waals surface area (Å²) < 4.78 is 15.9. The molecule has 0 spiro atoms. The molecule has 8 heteroatoms. The summed E-state index contributed by atoms with van der Waals surface area (Å²) in [6.07, 6.45) is 2.58. The Morgan fingerprint density at radius 3 is 2.75 bits per heavy atom. The molecule has 0 saturated heterocycles. The fourth-order valence-electron chi connectivity index (χ4n) is 3.48. The van der Waals surface area contributed by atoms with Crippen LogP contribution in [0.25, 0.3) is 0 Å². The van der Waals surface area contributed by atoms with Gasteiger partial charge in [-0.15, -0.1) is 0 Å². The largest absolute Gasteiger partial charge is 0.394 e. The summed E-state index contributed by atoms with van der Waals surface area (Å²) >= 11 is 0. The first-order valence-corrected chi connectivity index (χ1v) is 9.34. The molecule has 1 aliphatic carbocycles. The molecule has 2 aromatic rings. The summed E-state index contributed by atoms with van der Waals surface area (Å²) in [5.74, 6) is -0.201. The number of hydrogen-bond donors (Lipinski definition) is 2. The summed E-state index contributed by atoms with van der Waals surface area (Å²) in [5.41, 5.74) is 1.75. The zero-order valence-corrected chi connectivity index (χ0v) is 15.6. The van der Waals surface area contributed by atoms with Crippen LogP contribution in [0.1, 0.15) is 40.2 Å². The Balaban J connectivity index is 1.72. The number of aliphatic hydroxyl groups is 1. The number of fused-ring (bicyclic) bond motifs is 1. The second kappa shape index (κ2) is 7.37. The van der Waals surface area contributed by atoms with Crippen molar-refractivity contribution in [1.82, 2.24) is 9.63 Å². The molecule has 7 nitrogen and oxygen atoms in total. The van der Waals surface area contributed by atoms with Crippen LogP contribution in [0.2, 0.25) is 0 Å². The summed E-state index contributed by atoms with van der Waals surface area (Å²) in [5, 5.41) is 13.0. The monoisotopic (exact) mass is 387 g/mol. The molecule has 1 aromatic carbocycles. The van der Waals surface area contributed by atoms with E-state index < -0.39 is 11.7 Å². The van der Waals surface area contributed by atoms with Crippen LogP contribution in [-0.2, 0) is 18.3 Å². The van der Waals surface area contributed by atoms with E-state index in [0.717, 1.165) is 18.4 Å². The first-order chi connectivity index (χ1) is 13.5. The van der Waals surface area contributed by atoms with E-state index in [4.69, 9.17) is 9.94 Å². The molecule has 2 aliphatic rings. The number of rotatable bonds is 6. The van der Waals surface area contributed by atoms with Gasteiger partial charge in [0.1, 0.15) is 11.6 Å². The SMILES string of the molecule is Cn1c(Nc2ccc(C3CC3)cc2F)c2c(cc1=O)CCN(OCCO)C2=O. The van der Waals surface area contributed by atoms with Gasteiger partial charge >= 0.3 is 0 Å². The van der Waals surface area contributed by atoms with Gasteiger partial charge < -0.3 is 10.4 Å². The Labute approximate surface area is 161 Å². The van der Waals surface area contributed by atoms with Crippen molar-refractivity contribution in [2.45, 2.75) is 25.2 Å². The van der Waals surface area contributed by atoms with Gasteiger partial charge in [0, 0.05) is 13.1 Å². The number of carbonyl (C=O) groups is 1. The Hall–Kier alpha value is -2.71. The quantitative estimate of drug-likeness (QED) is 0.793. The molecule has 1 fully saturated rings. The minimum atomic E-state index is -0.428. The van der Waals surface area contributed by atoms with Crippen LogP contribution in [-0.4, -0.2) is 40.4 Å². The van der Waals surface area contributed by atoms with Crippen molar-refractivity contribution in [3.8, 4) is 0 Å². The number of anilines is 2. The highest BCUT2D eigenvalue weighted by Crippen LogP contribution is 2.41. The minimum Gasteiger partial charge on any atom is -0.394 e. The second-order valence-corrected chi connectivity index (χ2v) is 7.14. The van der Waals surface area contributed by atoms with Gasteiger partial charge in [0.2, 0.25) is 0 Å². The predicted molar refractivity (Wildman–Crippen MR) is 101 cm³/mol. The number of hydroxylamine groups is 2. The van der Waals surface area contributed by atoms with E-state index in [1.54, 1.807) is 6.07 Å². The maximum Gasteiger partial charge on any atom is 0.281 e. The van der Waals surface area contributed by atoms with Crippen molar-refractivity contribution < 1.29 is 19.1 Å². The van der Waals surface area contributed by atoms with Crippen LogP contribution >= 0.6 is 0 Å². The van der Waals surface area contributed by atoms with Gasteiger partial charge in [0.25, 0.3) is 11.5 Å². The van der Waals surface area contributed by atoms with E-state index in [1.807, 2.05) is 6.07 Å². The van der Waals surface area contributed by atoms with E-state index >= 15 is 0 Å². The number of halogens is 1. The number of amides is 1. The van der Waals surface area contributed by atoms with Gasteiger partial charge in [0.05, 0.1) is 31.0 Å². The molecule has 148 valence electrons. The smallest absolute Gasteiger partial charge is 0.281 e. The summed E-state index contributed by atoms with van der Waals surface area (Å²) in [7, 11) is 1.53. The highest BCUT2D eigenvalue weighted by molar-refractivity contribution is 6.01. The number of carbonyl (C=O) groups excluding carboxylic acids is 1. The van der Waals surface area contributed by atoms with Gasteiger partial charge in [-0.05, 0) is 48.4 Å². The lowest BCUT2D eigenvalue weighted by atomic mass is 10.0. The Kier molecular flexibility index (Phi) is 4.91. The zero-order valence-electron chi connectivity index (χ0n) is 15.6. The van der Waals surface area contributed by atoms with Crippen molar-refractivity contribution in [3.05, 3.63) is 57.1 Å². The lowest BCUT2D eigenvalue weighted by molar-refractivity contribution is -0.132. The van der Waals surface area contributed by atoms with Crippen LogP contribution in [0, 0.1) is 5.82 Å². The van der Waals surface area contributed by atoms with Crippen molar-refractivity contribution in [2.75, 3.05) is 25.1 Å². The second-order valence-electron chi connectivity index (χ2n) is 7.14. The van der Waals surface area contributed by atoms with E-state index in [0.29, 0.717) is 17.9 Å². The third-order valence-electron chi connectivity index (χ3n) is 5.18. The number of nitrogens with zero attached hydrogens (tertiary/aromatic N) is 2. The molecule has 4 rings (SSSR count). The normalized spacial score (nSPS) is 16.2. The summed E-state index contributed by atoms with van der Waals surface area (Å²) in [6, 6.07) is 6.44. The van der Waals surface area contributed by atoms with Gasteiger partial charge in [0.15, 0.2) is 0 Å². The van der Waals surface area contributed by atoms with Crippen molar-refractivity contribution in [2.24, 2.45) is 7.05 Å². The maximum atomic E-state index is 14.6. The van der Waals surface area contributed by atoms with E-state index in [9.17, 15) is 14.0 Å². The first kappa shape index (κ1) is 18.6. The van der Waals surface area contributed by atoms with Gasteiger partial charge in [-0.1, -0.05) is 6.07 Å². The fraction of sp³-hybridized carbons (Fsp3) is 0.400. The van der Waals surface area contributed by atoms with Crippen molar-refractivity contribution >= 4 is 17.4 Å². The molecular weight excluding hydrogens is 365 g/mol. The minimum absolute atomic E-state index is 0.00709. The standard InChI is InChI=1S/C20H22FN3O4/c1-23-17(26)11-14-6-7-24(28-9-8-25)20(27)18(14)19(23)22-16-5-4-13(10-15(16)21)12-2-3-12/h4-5,10-12,22,25H,2-3,6-9H2,1H3. The first-order valence-electron chi connectivity index (χ1n) is 9.34. The highest BCUT2D eigenvalue weighted by atomic mass is 19.1. The molecule has 1 aromatic heterocycles. The maximum absolute atomic E-state index is 14.6. The van der Waals surface area contributed by atoms with Crippen LogP contribution in [0.4, 0.5) is 15.9 Å². The molecule has 0 bridgehead atoms. The molecule has 1 saturated carbocycles. The third-order valence-corrected chi connectivity index (χ3v) is 5.18. The number of hydrogen-bond acceptors (Lipinski definition) is 5. The average Bonchev–Trinajstić information content (AvgIpc) is 3.51. The van der Waals surface area contributed by atoms with E-state index in [1.165, 1.54) is 28.8 Å². The summed E-state index contributed by atoms with van der Waals surface area (Å²) in [4.78, 5) is 30.5. The highest BCUT2D eigenvalue weighted by Gasteiger charge is 2.31. The number of benzene rings is 1. The number of aliphatic hydroxyl groups excluding tert-OH is 1. The molecule has 2 heterocycles. The van der Waals surface area contributed by atoms with Crippen LogP contribution < -0.4 is 10.9 Å². The van der Waals surface area contributed by atoms with E-state index in [2.05, 4.69) is 5.32 Å². The number of pyridine rings is 1. The molecule has 1 aliphatic heterocycles. The van der Waals surface area contributed by atoms with Gasteiger partial charge in [-0.3, -0.25) is 19.0 Å². The van der Waals surface area contributed by atoms with Crippen LogP contribution in [0.3, 0.4) is 0 Å². The number of nitrogens with one attached hydrogen (secondary N) is 1. The Morgan fingerprint density at radius 2 is 2.07 bits per heavy atom. The third kappa shape index (κ3) is 3.41.